The van der Waals surface area contributed by atoms with Gasteiger partial charge in [0.25, 0.3) is 0 Å². The van der Waals surface area contributed by atoms with Crippen LogP contribution in [0.3, 0.4) is 0 Å². The summed E-state index contributed by atoms with van der Waals surface area (Å²) in [4.78, 5) is 5.97. The lowest BCUT2D eigenvalue weighted by atomic mass is 10.0. The fourth-order valence-corrected chi connectivity index (χ4v) is 2.98. The minimum atomic E-state index is 0.215. The molecule has 0 aliphatic carbocycles. The predicted octanol–water partition coefficient (Wildman–Crippen LogP) is 3.40. The van der Waals surface area contributed by atoms with Crippen LogP contribution < -0.4 is 5.06 Å². The van der Waals surface area contributed by atoms with E-state index in [0.717, 1.165) is 24.4 Å². The normalized spacial score (nSPS) is 25.3. The summed E-state index contributed by atoms with van der Waals surface area (Å²) in [6.07, 6.45) is 2.29. The molecule has 0 unspecified atom stereocenters. The standard InChI is InChI=1S/C15H15NO2/c1-10-6-7-15(17-10)14-9-12-8-11-4-2-3-5-13(11)16(14)18-12/h2-7,12,14H,8-9H2,1H3/t12-,14-/m0/s1. The summed E-state index contributed by atoms with van der Waals surface area (Å²) >= 11 is 0. The Labute approximate surface area is 106 Å². The first-order chi connectivity index (χ1) is 8.81. The lowest BCUT2D eigenvalue weighted by molar-refractivity contribution is 0.0724. The molecule has 0 amide bonds. The summed E-state index contributed by atoms with van der Waals surface area (Å²) in [5, 5.41) is 2.03. The molecule has 1 aromatic carbocycles. The molecular weight excluding hydrogens is 226 g/mol. The molecule has 2 bridgehead atoms. The summed E-state index contributed by atoms with van der Waals surface area (Å²) in [5.41, 5.74) is 2.56. The average Bonchev–Trinajstić information content (AvgIpc) is 2.94. The van der Waals surface area contributed by atoms with Crippen molar-refractivity contribution in [1.82, 2.24) is 0 Å². The highest BCUT2D eigenvalue weighted by molar-refractivity contribution is 5.56. The number of furan rings is 1. The van der Waals surface area contributed by atoms with Crippen molar-refractivity contribution in [2.45, 2.75) is 31.9 Å². The van der Waals surface area contributed by atoms with Gasteiger partial charge >= 0.3 is 0 Å². The maximum absolute atomic E-state index is 5.97. The number of hydroxylamine groups is 1. The molecule has 2 aliphatic heterocycles. The first-order valence-electron chi connectivity index (χ1n) is 6.41. The van der Waals surface area contributed by atoms with E-state index in [0.29, 0.717) is 0 Å². The van der Waals surface area contributed by atoms with Crippen LogP contribution in [0, 0.1) is 6.92 Å². The summed E-state index contributed by atoms with van der Waals surface area (Å²) in [5.74, 6) is 1.97. The molecule has 2 aromatic rings. The van der Waals surface area contributed by atoms with E-state index in [2.05, 4.69) is 30.3 Å². The number of fused-ring (bicyclic) bond motifs is 4. The monoisotopic (exact) mass is 241 g/mol. The first-order valence-corrected chi connectivity index (χ1v) is 6.41. The Morgan fingerprint density at radius 1 is 1.17 bits per heavy atom. The molecule has 1 aromatic heterocycles. The number of hydrogen-bond donors (Lipinski definition) is 0. The summed E-state index contributed by atoms with van der Waals surface area (Å²) in [6, 6.07) is 12.8. The van der Waals surface area contributed by atoms with Crippen LogP contribution in [-0.4, -0.2) is 6.10 Å². The Morgan fingerprint density at radius 2 is 2.06 bits per heavy atom. The molecule has 1 fully saturated rings. The summed E-state index contributed by atoms with van der Waals surface area (Å²) in [7, 11) is 0. The molecule has 18 heavy (non-hydrogen) atoms. The minimum Gasteiger partial charge on any atom is -0.464 e. The van der Waals surface area contributed by atoms with E-state index in [1.807, 2.05) is 18.1 Å². The number of nitrogens with zero attached hydrogens (tertiary/aromatic N) is 1. The van der Waals surface area contributed by atoms with Crippen molar-refractivity contribution < 1.29 is 9.25 Å². The second-order valence-corrected chi connectivity index (χ2v) is 5.09. The van der Waals surface area contributed by atoms with Crippen molar-refractivity contribution in [2.24, 2.45) is 0 Å². The first kappa shape index (κ1) is 10.2. The molecule has 3 heterocycles. The lowest BCUT2D eigenvalue weighted by Crippen LogP contribution is -2.27. The SMILES string of the molecule is Cc1ccc([C@@H]2C[C@@H]3Cc4ccccc4N2O3)o1. The third kappa shape index (κ3) is 1.40. The highest BCUT2D eigenvalue weighted by Crippen LogP contribution is 2.44. The maximum Gasteiger partial charge on any atom is 0.129 e. The van der Waals surface area contributed by atoms with E-state index in [-0.39, 0.29) is 12.1 Å². The third-order valence-corrected chi connectivity index (χ3v) is 3.80. The Hall–Kier alpha value is -1.74. The maximum atomic E-state index is 5.97. The topological polar surface area (TPSA) is 25.6 Å². The van der Waals surface area contributed by atoms with Crippen molar-refractivity contribution in [2.75, 3.05) is 5.06 Å². The van der Waals surface area contributed by atoms with Crippen molar-refractivity contribution in [3.63, 3.8) is 0 Å². The number of aryl methyl sites for hydroxylation is 1. The van der Waals surface area contributed by atoms with Gasteiger partial charge in [-0.15, -0.1) is 0 Å². The Bertz CT molecular complexity index is 590. The fraction of sp³-hybridized carbons (Fsp3) is 0.333. The quantitative estimate of drug-likeness (QED) is 0.765. The van der Waals surface area contributed by atoms with Crippen molar-refractivity contribution in [3.8, 4) is 0 Å². The van der Waals surface area contributed by atoms with Gasteiger partial charge in [0.05, 0.1) is 11.8 Å². The lowest BCUT2D eigenvalue weighted by Gasteiger charge is -2.29. The van der Waals surface area contributed by atoms with E-state index >= 15 is 0 Å². The van der Waals surface area contributed by atoms with E-state index in [4.69, 9.17) is 9.25 Å². The van der Waals surface area contributed by atoms with Gasteiger partial charge in [-0.25, -0.2) is 5.06 Å². The Kier molecular flexibility index (Phi) is 2.06. The van der Waals surface area contributed by atoms with Gasteiger partial charge in [0.15, 0.2) is 0 Å². The minimum absolute atomic E-state index is 0.215. The molecule has 0 radical (unpaired) electrons. The van der Waals surface area contributed by atoms with Crippen LogP contribution in [0.4, 0.5) is 5.69 Å². The molecule has 1 saturated heterocycles. The highest BCUT2D eigenvalue weighted by Gasteiger charge is 2.41. The van der Waals surface area contributed by atoms with Crippen LogP contribution in [0.5, 0.6) is 0 Å². The predicted molar refractivity (Wildman–Crippen MR) is 68.3 cm³/mol. The smallest absolute Gasteiger partial charge is 0.129 e. The molecule has 2 atom stereocenters. The molecular formula is C15H15NO2. The van der Waals surface area contributed by atoms with E-state index in [9.17, 15) is 0 Å². The zero-order valence-corrected chi connectivity index (χ0v) is 10.3. The number of rotatable bonds is 1. The second kappa shape index (κ2) is 3.62. The van der Waals surface area contributed by atoms with Crippen LogP contribution in [0.15, 0.2) is 40.8 Å². The zero-order valence-electron chi connectivity index (χ0n) is 10.3. The molecule has 3 nitrogen and oxygen atoms in total. The van der Waals surface area contributed by atoms with Gasteiger partial charge in [-0.1, -0.05) is 18.2 Å². The Balaban J connectivity index is 1.77. The molecule has 0 N–H and O–H groups in total. The van der Waals surface area contributed by atoms with Gasteiger partial charge in [0.1, 0.15) is 17.6 Å². The van der Waals surface area contributed by atoms with Gasteiger partial charge in [0.2, 0.25) is 0 Å². The van der Waals surface area contributed by atoms with Gasteiger partial charge in [-0.2, -0.15) is 0 Å². The van der Waals surface area contributed by atoms with Crippen molar-refractivity contribution >= 4 is 5.69 Å². The van der Waals surface area contributed by atoms with Crippen LogP contribution in [0.25, 0.3) is 0 Å². The summed E-state index contributed by atoms with van der Waals surface area (Å²) < 4.78 is 5.77. The number of benzene rings is 1. The van der Waals surface area contributed by atoms with E-state index < -0.39 is 0 Å². The van der Waals surface area contributed by atoms with Crippen LogP contribution in [0.1, 0.15) is 29.5 Å². The highest BCUT2D eigenvalue weighted by atomic mass is 16.7. The Morgan fingerprint density at radius 3 is 2.89 bits per heavy atom. The van der Waals surface area contributed by atoms with Crippen LogP contribution >= 0.6 is 0 Å². The third-order valence-electron chi connectivity index (χ3n) is 3.80. The summed E-state index contributed by atoms with van der Waals surface area (Å²) in [6.45, 7) is 1.98. The van der Waals surface area contributed by atoms with Gasteiger partial charge in [-0.3, -0.25) is 4.84 Å². The van der Waals surface area contributed by atoms with Crippen molar-refractivity contribution in [1.29, 1.82) is 0 Å². The van der Waals surface area contributed by atoms with Gasteiger partial charge in [-0.05, 0) is 30.7 Å². The molecule has 0 spiro atoms. The zero-order chi connectivity index (χ0) is 12.1. The second-order valence-electron chi connectivity index (χ2n) is 5.09. The average molecular weight is 241 g/mol. The largest absolute Gasteiger partial charge is 0.464 e. The number of para-hydroxylation sites is 1. The number of anilines is 1. The van der Waals surface area contributed by atoms with Gasteiger partial charge in [0, 0.05) is 12.8 Å². The van der Waals surface area contributed by atoms with Crippen molar-refractivity contribution in [3.05, 3.63) is 53.5 Å². The molecule has 92 valence electrons. The molecule has 4 rings (SSSR count). The fourth-order valence-electron chi connectivity index (χ4n) is 2.98. The molecule has 0 saturated carbocycles. The van der Waals surface area contributed by atoms with E-state index in [1.165, 1.54) is 11.3 Å². The van der Waals surface area contributed by atoms with Crippen LogP contribution in [-0.2, 0) is 11.3 Å². The van der Waals surface area contributed by atoms with E-state index in [1.54, 1.807) is 0 Å². The number of hydrogen-bond acceptors (Lipinski definition) is 3. The molecule has 2 aliphatic rings. The molecule has 3 heteroatoms. The van der Waals surface area contributed by atoms with Crippen LogP contribution in [0.2, 0.25) is 0 Å². The van der Waals surface area contributed by atoms with Gasteiger partial charge < -0.3 is 4.42 Å².